The molecule has 1 unspecified atom stereocenters. The van der Waals surface area contributed by atoms with Crippen LogP contribution in [0.3, 0.4) is 0 Å². The second-order valence-corrected chi connectivity index (χ2v) is 11.5. The summed E-state index contributed by atoms with van der Waals surface area (Å²) in [5.41, 5.74) is 6.55. The first-order valence-electron chi connectivity index (χ1n) is 13.7. The predicted molar refractivity (Wildman–Crippen MR) is 159 cm³/mol. The number of amides is 5. The fraction of sp³-hybridized carbons (Fsp3) is 0.387. The van der Waals surface area contributed by atoms with Gasteiger partial charge in [0.1, 0.15) is 5.71 Å². The van der Waals surface area contributed by atoms with Crippen molar-refractivity contribution in [3.63, 3.8) is 0 Å². The molecule has 0 saturated heterocycles. The van der Waals surface area contributed by atoms with Gasteiger partial charge in [-0.1, -0.05) is 47.5 Å². The number of anilines is 1. The van der Waals surface area contributed by atoms with Crippen molar-refractivity contribution in [3.05, 3.63) is 75.7 Å². The Labute approximate surface area is 239 Å². The van der Waals surface area contributed by atoms with E-state index in [0.29, 0.717) is 37.9 Å². The van der Waals surface area contributed by atoms with E-state index in [0.717, 1.165) is 27.9 Å². The predicted octanol–water partition coefficient (Wildman–Crippen LogP) is 4.78. The maximum absolute atomic E-state index is 13.4. The number of hydrogen-bond acceptors (Lipinski definition) is 5. The van der Waals surface area contributed by atoms with Gasteiger partial charge >= 0.3 is 11.9 Å². The molecule has 0 bridgehead atoms. The summed E-state index contributed by atoms with van der Waals surface area (Å²) in [6.07, 6.45) is 4.08. The topological polar surface area (TPSA) is 98.6 Å². The van der Waals surface area contributed by atoms with Crippen LogP contribution in [0, 0.1) is 27.7 Å². The van der Waals surface area contributed by atoms with Crippen molar-refractivity contribution in [1.29, 1.82) is 0 Å². The number of nitrogens with one attached hydrogen (secondary N) is 2. The molecule has 0 spiro atoms. The number of thioether (sulfide) groups is 1. The maximum Gasteiger partial charge on any atom is 0.501 e. The monoisotopic (exact) mass is 561 g/mol. The summed E-state index contributed by atoms with van der Waals surface area (Å²) in [5.74, 6) is -0.590. The number of aryl methyl sites for hydroxylation is 4. The lowest BCUT2D eigenvalue weighted by atomic mass is 10.1. The normalized spacial score (nSPS) is 16.4. The van der Waals surface area contributed by atoms with Crippen molar-refractivity contribution in [2.24, 2.45) is 0 Å². The molecule has 40 heavy (non-hydrogen) atoms. The Bertz CT molecular complexity index is 1360. The Morgan fingerprint density at radius 3 is 2.33 bits per heavy atom. The highest BCUT2D eigenvalue weighted by Gasteiger charge is 2.49. The molecular weight excluding hydrogens is 524 g/mol. The van der Waals surface area contributed by atoms with Gasteiger partial charge in [0.25, 0.3) is 5.91 Å². The standard InChI is InChI=1S/C31H36N4O4S/c1-20-9-11-24(12-10-20)18-32-26(36)8-6-5-7-14-34-30(38)29-25(13-15-40-29)35(31(34)39)19-27(37)33-28-22(3)16-21(2)17-23(28)4/h9-13,15-17,29H,5-8,14,18-19H2,1-4H3,(H-,32,33,36,37)/p+1. The van der Waals surface area contributed by atoms with Crippen molar-refractivity contribution in [2.75, 3.05) is 18.4 Å². The highest BCUT2D eigenvalue weighted by Crippen LogP contribution is 2.28. The smallest absolute Gasteiger partial charge is 0.352 e. The Morgan fingerprint density at radius 2 is 1.62 bits per heavy atom. The fourth-order valence-electron chi connectivity index (χ4n) is 5.04. The van der Waals surface area contributed by atoms with Gasteiger partial charge in [-0.15, -0.1) is 11.8 Å². The van der Waals surface area contributed by atoms with Gasteiger partial charge in [0.05, 0.1) is 6.54 Å². The van der Waals surface area contributed by atoms with Crippen molar-refractivity contribution in [3.8, 4) is 0 Å². The van der Waals surface area contributed by atoms with Crippen molar-refractivity contribution in [2.45, 2.75) is 65.2 Å². The summed E-state index contributed by atoms with van der Waals surface area (Å²) in [5, 5.41) is 7.16. The van der Waals surface area contributed by atoms with Gasteiger partial charge in [-0.25, -0.2) is 4.79 Å². The zero-order valence-corrected chi connectivity index (χ0v) is 24.4. The third kappa shape index (κ3) is 7.07. The van der Waals surface area contributed by atoms with Crippen LogP contribution >= 0.6 is 11.8 Å². The number of hydrogen-bond donors (Lipinski definition) is 2. The van der Waals surface area contributed by atoms with E-state index >= 15 is 0 Å². The summed E-state index contributed by atoms with van der Waals surface area (Å²) in [7, 11) is 0. The van der Waals surface area contributed by atoms with Gasteiger partial charge in [0.2, 0.25) is 5.91 Å². The molecule has 2 N–H and O–H groups in total. The van der Waals surface area contributed by atoms with Crippen LogP contribution in [-0.2, 0) is 20.9 Å². The number of allylic oxidation sites excluding steroid dienone is 1. The van der Waals surface area contributed by atoms with E-state index in [-0.39, 0.29) is 30.8 Å². The molecular formula is C31H37N4O4S+. The molecule has 5 amide bonds. The third-order valence-electron chi connectivity index (χ3n) is 7.12. The Balaban J connectivity index is 1.29. The largest absolute Gasteiger partial charge is 0.501 e. The zero-order chi connectivity index (χ0) is 28.8. The first-order valence-corrected chi connectivity index (χ1v) is 14.6. The fourth-order valence-corrected chi connectivity index (χ4v) is 6.01. The summed E-state index contributed by atoms with van der Waals surface area (Å²) >= 11 is 1.35. The summed E-state index contributed by atoms with van der Waals surface area (Å²) in [6.45, 7) is 8.49. The first kappa shape index (κ1) is 29.3. The molecule has 4 rings (SSSR count). The average molecular weight is 562 g/mol. The number of carbonyl (C=O) groups excluding carboxylic acids is 4. The summed E-state index contributed by atoms with van der Waals surface area (Å²) in [4.78, 5) is 53.0. The van der Waals surface area contributed by atoms with Gasteiger partial charge in [0.15, 0.2) is 11.8 Å². The van der Waals surface area contributed by atoms with Crippen LogP contribution in [0.1, 0.15) is 53.5 Å². The summed E-state index contributed by atoms with van der Waals surface area (Å²) < 4.78 is 1.41. The molecule has 0 radical (unpaired) electrons. The van der Waals surface area contributed by atoms with Crippen molar-refractivity contribution in [1.82, 2.24) is 10.2 Å². The number of rotatable bonds is 11. The molecule has 1 atom stereocenters. The van der Waals surface area contributed by atoms with E-state index in [9.17, 15) is 19.2 Å². The number of carbonyl (C=O) groups is 4. The lowest BCUT2D eigenvalue weighted by Gasteiger charge is -2.24. The van der Waals surface area contributed by atoms with E-state index in [1.54, 1.807) is 11.5 Å². The highest BCUT2D eigenvalue weighted by atomic mass is 32.2. The quantitative estimate of drug-likeness (QED) is 0.304. The second kappa shape index (κ2) is 13.1. The van der Waals surface area contributed by atoms with Crippen molar-refractivity contribution < 1.29 is 23.8 Å². The Kier molecular flexibility index (Phi) is 9.58. The Morgan fingerprint density at radius 1 is 0.925 bits per heavy atom. The minimum absolute atomic E-state index is 0.0189. The molecule has 0 fully saturated rings. The number of benzene rings is 2. The molecule has 0 aliphatic carbocycles. The average Bonchev–Trinajstić information content (AvgIpc) is 3.40. The SMILES string of the molecule is Cc1ccc(CNC(=O)CCCCCN2C(=O)C3SC=CC3=[N+](CC(=O)Nc3c(C)cc(C)cc3C)C2=O)cc1. The van der Waals surface area contributed by atoms with E-state index in [1.807, 2.05) is 64.1 Å². The van der Waals surface area contributed by atoms with Gasteiger partial charge in [0, 0.05) is 18.7 Å². The summed E-state index contributed by atoms with van der Waals surface area (Å²) in [6, 6.07) is 11.6. The molecule has 210 valence electrons. The van der Waals surface area contributed by atoms with Gasteiger partial charge in [-0.05, 0) is 75.1 Å². The lowest BCUT2D eigenvalue weighted by molar-refractivity contribution is -0.425. The van der Waals surface area contributed by atoms with Crippen molar-refractivity contribution >= 4 is 46.9 Å². The number of urea groups is 1. The van der Waals surface area contributed by atoms with E-state index in [1.165, 1.54) is 26.8 Å². The van der Waals surface area contributed by atoms with E-state index in [2.05, 4.69) is 10.6 Å². The molecule has 2 aliphatic rings. The number of imide groups is 1. The molecule has 0 aromatic heterocycles. The minimum atomic E-state index is -0.527. The second-order valence-electron chi connectivity index (χ2n) is 10.5. The third-order valence-corrected chi connectivity index (χ3v) is 8.13. The van der Waals surface area contributed by atoms with Crippen LogP contribution in [-0.4, -0.2) is 57.3 Å². The van der Waals surface area contributed by atoms with Crippen LogP contribution in [0.5, 0.6) is 0 Å². The zero-order valence-electron chi connectivity index (χ0n) is 23.6. The van der Waals surface area contributed by atoms with E-state index in [4.69, 9.17) is 0 Å². The minimum Gasteiger partial charge on any atom is -0.352 e. The molecule has 9 heteroatoms. The highest BCUT2D eigenvalue weighted by molar-refractivity contribution is 8.04. The van der Waals surface area contributed by atoms with Crippen LogP contribution in [0.4, 0.5) is 10.5 Å². The van der Waals surface area contributed by atoms with Gasteiger partial charge in [-0.2, -0.15) is 14.3 Å². The van der Waals surface area contributed by atoms with Gasteiger partial charge in [-0.3, -0.25) is 9.59 Å². The van der Waals surface area contributed by atoms with Crippen LogP contribution < -0.4 is 10.6 Å². The van der Waals surface area contributed by atoms with Crippen LogP contribution in [0.2, 0.25) is 0 Å². The van der Waals surface area contributed by atoms with Crippen LogP contribution in [0.25, 0.3) is 0 Å². The van der Waals surface area contributed by atoms with Crippen LogP contribution in [0.15, 0.2) is 47.9 Å². The molecule has 0 saturated carbocycles. The number of fused-ring (bicyclic) bond motifs is 1. The van der Waals surface area contributed by atoms with Gasteiger partial charge < -0.3 is 10.6 Å². The molecule has 2 heterocycles. The maximum atomic E-state index is 13.4. The molecule has 2 aliphatic heterocycles. The molecule has 2 aromatic carbocycles. The van der Waals surface area contributed by atoms with E-state index < -0.39 is 11.3 Å². The molecule has 2 aromatic rings. The Hall–Kier alpha value is -3.72. The lowest BCUT2D eigenvalue weighted by Crippen LogP contribution is -2.56. The molecule has 8 nitrogen and oxygen atoms in total. The first-order chi connectivity index (χ1) is 19.1. The number of unbranched alkanes of at least 4 members (excludes halogenated alkanes) is 2. The number of nitrogens with zero attached hydrogens (tertiary/aromatic N) is 2.